The number of rotatable bonds is 2. The van der Waals surface area contributed by atoms with Crippen LogP contribution in [0.1, 0.15) is 12.0 Å². The Labute approximate surface area is 116 Å². The zero-order chi connectivity index (χ0) is 13.1. The number of halogens is 1. The van der Waals surface area contributed by atoms with Gasteiger partial charge in [0.15, 0.2) is 0 Å². The molecule has 1 aromatic rings. The molecule has 1 aliphatic rings. The summed E-state index contributed by atoms with van der Waals surface area (Å²) in [6.45, 7) is 1.77. The van der Waals surface area contributed by atoms with Crippen molar-refractivity contribution in [3.8, 4) is 0 Å². The number of carbonyl (C=O) groups excluding carboxylic acids is 1. The Balaban J connectivity index is 2.38. The summed E-state index contributed by atoms with van der Waals surface area (Å²) in [5.41, 5.74) is 7.29. The number of thiocarbonyl (C=S) groups is 1. The number of hydrogen-bond donors (Lipinski definition) is 2. The molecule has 3 N–H and O–H groups in total. The van der Waals surface area contributed by atoms with Crippen molar-refractivity contribution in [2.75, 3.05) is 24.5 Å². The van der Waals surface area contributed by atoms with Gasteiger partial charge in [0.2, 0.25) is 5.91 Å². The van der Waals surface area contributed by atoms with E-state index in [4.69, 9.17) is 29.6 Å². The average molecular weight is 284 g/mol. The Morgan fingerprint density at radius 2 is 2.28 bits per heavy atom. The van der Waals surface area contributed by atoms with Crippen LogP contribution in [0.3, 0.4) is 0 Å². The molecule has 0 unspecified atom stereocenters. The molecule has 0 saturated carbocycles. The third-order valence-corrected chi connectivity index (χ3v) is 3.28. The van der Waals surface area contributed by atoms with Gasteiger partial charge in [0.05, 0.1) is 6.54 Å². The summed E-state index contributed by atoms with van der Waals surface area (Å²) in [5, 5.41) is 3.44. The third-order valence-electron chi connectivity index (χ3n) is 2.83. The Bertz CT molecular complexity index is 492. The fourth-order valence-corrected chi connectivity index (χ4v) is 2.33. The van der Waals surface area contributed by atoms with Gasteiger partial charge in [-0.3, -0.25) is 4.79 Å². The van der Waals surface area contributed by atoms with Crippen molar-refractivity contribution >= 4 is 40.4 Å². The molecule has 0 spiro atoms. The van der Waals surface area contributed by atoms with Crippen molar-refractivity contribution in [3.05, 3.63) is 28.8 Å². The van der Waals surface area contributed by atoms with Gasteiger partial charge in [0, 0.05) is 29.4 Å². The second-order valence-electron chi connectivity index (χ2n) is 4.15. The molecule has 0 bridgehead atoms. The molecule has 18 heavy (non-hydrogen) atoms. The summed E-state index contributed by atoms with van der Waals surface area (Å²) >= 11 is 11.0. The van der Waals surface area contributed by atoms with Gasteiger partial charge in [-0.15, -0.1) is 0 Å². The first-order valence-electron chi connectivity index (χ1n) is 5.69. The molecule has 0 aliphatic carbocycles. The van der Waals surface area contributed by atoms with Crippen LogP contribution in [-0.2, 0) is 4.79 Å². The predicted octanol–water partition coefficient (Wildman–Crippen LogP) is 1.30. The van der Waals surface area contributed by atoms with Gasteiger partial charge in [-0.25, -0.2) is 0 Å². The predicted molar refractivity (Wildman–Crippen MR) is 77.2 cm³/mol. The lowest BCUT2D eigenvalue weighted by atomic mass is 10.1. The molecule has 96 valence electrons. The maximum Gasteiger partial charge on any atom is 0.239 e. The quantitative estimate of drug-likeness (QED) is 0.804. The average Bonchev–Trinajstić information content (AvgIpc) is 2.53. The zero-order valence-electron chi connectivity index (χ0n) is 9.78. The molecule has 4 nitrogen and oxygen atoms in total. The highest BCUT2D eigenvalue weighted by Gasteiger charge is 2.18. The van der Waals surface area contributed by atoms with Crippen molar-refractivity contribution in [1.82, 2.24) is 5.32 Å². The van der Waals surface area contributed by atoms with E-state index in [1.807, 2.05) is 4.90 Å². The van der Waals surface area contributed by atoms with Crippen LogP contribution < -0.4 is 16.0 Å². The highest BCUT2D eigenvalue weighted by molar-refractivity contribution is 7.80. The molecule has 0 atom stereocenters. The number of benzene rings is 1. The molecule has 6 heteroatoms. The third kappa shape index (κ3) is 2.91. The number of carbonyl (C=O) groups is 1. The highest BCUT2D eigenvalue weighted by Crippen LogP contribution is 2.25. The van der Waals surface area contributed by atoms with E-state index in [2.05, 4.69) is 5.32 Å². The lowest BCUT2D eigenvalue weighted by Crippen LogP contribution is -2.34. The summed E-state index contributed by atoms with van der Waals surface area (Å²) < 4.78 is 0. The summed E-state index contributed by atoms with van der Waals surface area (Å²) in [7, 11) is 0. The van der Waals surface area contributed by atoms with Gasteiger partial charge >= 0.3 is 0 Å². The van der Waals surface area contributed by atoms with E-state index in [9.17, 15) is 4.79 Å². The van der Waals surface area contributed by atoms with Crippen LogP contribution in [0.2, 0.25) is 5.02 Å². The van der Waals surface area contributed by atoms with E-state index in [1.165, 1.54) is 0 Å². The molecular formula is C12H14ClN3OS. The molecule has 1 aromatic carbocycles. The Morgan fingerprint density at radius 1 is 1.50 bits per heavy atom. The second-order valence-corrected chi connectivity index (χ2v) is 5.03. The fourth-order valence-electron chi connectivity index (χ4n) is 1.99. The minimum absolute atomic E-state index is 0.00126. The van der Waals surface area contributed by atoms with E-state index < -0.39 is 0 Å². The number of nitrogens with zero attached hydrogens (tertiary/aromatic N) is 1. The van der Waals surface area contributed by atoms with E-state index in [-0.39, 0.29) is 5.91 Å². The molecule has 1 fully saturated rings. The van der Waals surface area contributed by atoms with Crippen LogP contribution in [0, 0.1) is 0 Å². The van der Waals surface area contributed by atoms with Gasteiger partial charge in [0.25, 0.3) is 0 Å². The first kappa shape index (κ1) is 13.1. The van der Waals surface area contributed by atoms with Gasteiger partial charge in [-0.05, 0) is 24.6 Å². The fraction of sp³-hybridized carbons (Fsp3) is 0.333. The number of hydrogen-bond acceptors (Lipinski definition) is 3. The van der Waals surface area contributed by atoms with Gasteiger partial charge in [0.1, 0.15) is 4.99 Å². The van der Waals surface area contributed by atoms with Crippen LogP contribution in [-0.4, -0.2) is 30.5 Å². The number of amides is 1. The molecule has 0 aromatic heterocycles. The maximum absolute atomic E-state index is 11.6. The van der Waals surface area contributed by atoms with Crippen molar-refractivity contribution < 1.29 is 4.79 Å². The molecule has 1 saturated heterocycles. The van der Waals surface area contributed by atoms with E-state index in [0.29, 0.717) is 23.1 Å². The van der Waals surface area contributed by atoms with Crippen LogP contribution >= 0.6 is 23.8 Å². The number of nitrogens with two attached hydrogens (primary N) is 1. The topological polar surface area (TPSA) is 58.4 Å². The summed E-state index contributed by atoms with van der Waals surface area (Å²) in [6.07, 6.45) is 0.884. The largest absolute Gasteiger partial charge is 0.389 e. The molecule has 0 radical (unpaired) electrons. The molecule has 1 amide bonds. The smallest absolute Gasteiger partial charge is 0.239 e. The van der Waals surface area contributed by atoms with Crippen LogP contribution in [0.5, 0.6) is 0 Å². The lowest BCUT2D eigenvalue weighted by molar-refractivity contribution is -0.119. The van der Waals surface area contributed by atoms with E-state index in [0.717, 1.165) is 24.2 Å². The van der Waals surface area contributed by atoms with Crippen LogP contribution in [0.15, 0.2) is 18.2 Å². The lowest BCUT2D eigenvalue weighted by Gasteiger charge is -2.24. The first-order chi connectivity index (χ1) is 8.58. The Hall–Kier alpha value is -1.33. The molecular weight excluding hydrogens is 270 g/mol. The molecule has 1 aliphatic heterocycles. The molecule has 2 rings (SSSR count). The van der Waals surface area contributed by atoms with Crippen molar-refractivity contribution in [2.45, 2.75) is 6.42 Å². The second kappa shape index (κ2) is 5.54. The maximum atomic E-state index is 11.6. The summed E-state index contributed by atoms with van der Waals surface area (Å²) in [5.74, 6) is 0.00126. The number of nitrogens with one attached hydrogen (secondary N) is 1. The SMILES string of the molecule is NC(=S)c1ccc(Cl)cc1N1CCCNC(=O)C1. The standard InChI is InChI=1S/C12H14ClN3OS/c13-8-2-3-9(12(14)18)10(6-8)16-5-1-4-15-11(17)7-16/h2-3,6H,1,4-5,7H2,(H2,14,18)(H,15,17). The van der Waals surface area contributed by atoms with Crippen molar-refractivity contribution in [3.63, 3.8) is 0 Å². The summed E-state index contributed by atoms with van der Waals surface area (Å²) in [6, 6.07) is 5.34. The van der Waals surface area contributed by atoms with E-state index in [1.54, 1.807) is 18.2 Å². The van der Waals surface area contributed by atoms with Crippen molar-refractivity contribution in [2.24, 2.45) is 5.73 Å². The van der Waals surface area contributed by atoms with Gasteiger partial charge in [-0.1, -0.05) is 23.8 Å². The minimum atomic E-state index is 0.00126. The van der Waals surface area contributed by atoms with Crippen LogP contribution in [0.4, 0.5) is 5.69 Å². The summed E-state index contributed by atoms with van der Waals surface area (Å²) in [4.78, 5) is 13.9. The van der Waals surface area contributed by atoms with Gasteiger partial charge < -0.3 is 16.0 Å². The van der Waals surface area contributed by atoms with Crippen LogP contribution in [0.25, 0.3) is 0 Å². The first-order valence-corrected chi connectivity index (χ1v) is 6.47. The van der Waals surface area contributed by atoms with Gasteiger partial charge in [-0.2, -0.15) is 0 Å². The Kier molecular flexibility index (Phi) is 4.04. The van der Waals surface area contributed by atoms with Crippen molar-refractivity contribution in [1.29, 1.82) is 0 Å². The Morgan fingerprint density at radius 3 is 3.00 bits per heavy atom. The number of anilines is 1. The normalized spacial score (nSPS) is 16.1. The zero-order valence-corrected chi connectivity index (χ0v) is 11.4. The van der Waals surface area contributed by atoms with E-state index >= 15 is 0 Å². The molecule has 1 heterocycles. The monoisotopic (exact) mass is 283 g/mol. The minimum Gasteiger partial charge on any atom is -0.389 e. The highest BCUT2D eigenvalue weighted by atomic mass is 35.5.